The van der Waals surface area contributed by atoms with E-state index in [1.165, 1.54) is 25.5 Å². The number of aromatic nitrogens is 2. The minimum absolute atomic E-state index is 0.0154. The molecule has 12 heteroatoms. The van der Waals surface area contributed by atoms with Gasteiger partial charge in [0.05, 0.1) is 35.3 Å². The molecule has 2 aromatic carbocycles. The van der Waals surface area contributed by atoms with E-state index in [1.807, 2.05) is 6.92 Å². The molecule has 0 saturated heterocycles. The van der Waals surface area contributed by atoms with E-state index >= 15 is 0 Å². The van der Waals surface area contributed by atoms with Gasteiger partial charge in [-0.15, -0.1) is 0 Å². The van der Waals surface area contributed by atoms with Gasteiger partial charge in [0.25, 0.3) is 5.56 Å². The van der Waals surface area contributed by atoms with Crippen LogP contribution < -0.4 is 15.0 Å². The van der Waals surface area contributed by atoms with Gasteiger partial charge in [0.15, 0.2) is 12.4 Å². The lowest BCUT2D eigenvalue weighted by Gasteiger charge is -2.13. The van der Waals surface area contributed by atoms with Crippen LogP contribution in [-0.4, -0.2) is 46.6 Å². The number of carbonyl (C=O) groups is 1. The van der Waals surface area contributed by atoms with Crippen LogP contribution in [0.15, 0.2) is 44.7 Å². The highest BCUT2D eigenvalue weighted by Gasteiger charge is 2.23. The number of nitrogens with zero attached hydrogens (tertiary/aromatic N) is 4. The Morgan fingerprint density at radius 2 is 2.06 bits per heavy atom. The van der Waals surface area contributed by atoms with Crippen LogP contribution in [0.4, 0.5) is 5.69 Å². The smallest absolute Gasteiger partial charge is 0.344 e. The standard InChI is InChI=1S/C23H23BrN4O7/c1-5-20-26-17-7-6-15(24)10-16(17)23(30)27(20)25-11-14-8-18(28(31)32)22(19(9-14)33-4)34-12-21(29)35-13(2)3/h6-11,13H,5,12H2,1-4H3. The van der Waals surface area contributed by atoms with Gasteiger partial charge in [-0.25, -0.2) is 9.78 Å². The molecule has 0 atom stereocenters. The Labute approximate surface area is 208 Å². The maximum atomic E-state index is 13.1. The average molecular weight is 547 g/mol. The van der Waals surface area contributed by atoms with Gasteiger partial charge in [-0.05, 0) is 38.1 Å². The molecule has 0 N–H and O–H groups in total. The zero-order valence-electron chi connectivity index (χ0n) is 19.5. The van der Waals surface area contributed by atoms with Crippen LogP contribution in [0.1, 0.15) is 32.2 Å². The molecule has 0 aliphatic heterocycles. The number of nitro groups is 1. The number of carbonyl (C=O) groups excluding carboxylic acids is 1. The Kier molecular flexibility index (Phi) is 8.18. The van der Waals surface area contributed by atoms with Crippen molar-refractivity contribution in [3.05, 3.63) is 66.7 Å². The SMILES string of the molecule is CCc1nc2ccc(Br)cc2c(=O)n1N=Cc1cc(OC)c(OCC(=O)OC(C)C)c([N+](=O)[O-])c1. The third-order valence-corrected chi connectivity index (χ3v) is 5.18. The predicted molar refractivity (Wildman–Crippen MR) is 132 cm³/mol. The van der Waals surface area contributed by atoms with Gasteiger partial charge in [0.2, 0.25) is 5.75 Å². The van der Waals surface area contributed by atoms with E-state index in [2.05, 4.69) is 26.0 Å². The monoisotopic (exact) mass is 546 g/mol. The van der Waals surface area contributed by atoms with Gasteiger partial charge in [0.1, 0.15) is 5.82 Å². The number of halogens is 1. The number of benzene rings is 2. The lowest BCUT2D eigenvalue weighted by Crippen LogP contribution is -2.22. The van der Waals surface area contributed by atoms with Crippen molar-refractivity contribution in [3.63, 3.8) is 0 Å². The molecular formula is C23H23BrN4O7. The molecule has 0 fully saturated rings. The second-order valence-corrected chi connectivity index (χ2v) is 8.48. The first-order valence-electron chi connectivity index (χ1n) is 10.6. The number of rotatable bonds is 9. The summed E-state index contributed by atoms with van der Waals surface area (Å²) in [5.41, 5.74) is -0.00786. The van der Waals surface area contributed by atoms with Crippen molar-refractivity contribution in [1.29, 1.82) is 0 Å². The van der Waals surface area contributed by atoms with E-state index < -0.39 is 23.2 Å². The summed E-state index contributed by atoms with van der Waals surface area (Å²) < 4.78 is 17.5. The number of hydrogen-bond acceptors (Lipinski definition) is 9. The Hall–Kier alpha value is -3.80. The van der Waals surface area contributed by atoms with Crippen molar-refractivity contribution in [2.75, 3.05) is 13.7 Å². The maximum absolute atomic E-state index is 13.1. The summed E-state index contributed by atoms with van der Waals surface area (Å²) in [6.45, 7) is 4.65. The van der Waals surface area contributed by atoms with Gasteiger partial charge < -0.3 is 14.2 Å². The van der Waals surface area contributed by atoms with Crippen LogP contribution in [0.3, 0.4) is 0 Å². The third kappa shape index (κ3) is 6.01. The molecule has 0 unspecified atom stereocenters. The number of fused-ring (bicyclic) bond motifs is 1. The molecule has 184 valence electrons. The topological polar surface area (TPSA) is 135 Å². The number of aryl methyl sites for hydroxylation is 1. The van der Waals surface area contributed by atoms with E-state index in [0.717, 1.165) is 9.15 Å². The fourth-order valence-corrected chi connectivity index (χ4v) is 3.57. The molecule has 0 amide bonds. The largest absolute Gasteiger partial charge is 0.493 e. The van der Waals surface area contributed by atoms with E-state index in [0.29, 0.717) is 23.1 Å². The molecular weight excluding hydrogens is 524 g/mol. The van der Waals surface area contributed by atoms with E-state index in [9.17, 15) is 19.7 Å². The van der Waals surface area contributed by atoms with E-state index in [-0.39, 0.29) is 28.7 Å². The number of ether oxygens (including phenoxy) is 3. The number of esters is 1. The van der Waals surface area contributed by atoms with Crippen LogP contribution in [0.25, 0.3) is 10.9 Å². The Morgan fingerprint density at radius 1 is 1.31 bits per heavy atom. The molecule has 35 heavy (non-hydrogen) atoms. The van der Waals surface area contributed by atoms with Gasteiger partial charge in [-0.1, -0.05) is 22.9 Å². The van der Waals surface area contributed by atoms with Crippen molar-refractivity contribution < 1.29 is 23.9 Å². The van der Waals surface area contributed by atoms with Crippen molar-refractivity contribution in [2.24, 2.45) is 5.10 Å². The third-order valence-electron chi connectivity index (χ3n) is 4.69. The number of nitro benzene ring substituents is 1. The second kappa shape index (κ2) is 11.1. The summed E-state index contributed by atoms with van der Waals surface area (Å²) in [6.07, 6.45) is 1.36. The molecule has 3 aromatic rings. The van der Waals surface area contributed by atoms with Gasteiger partial charge >= 0.3 is 11.7 Å². The molecule has 1 heterocycles. The van der Waals surface area contributed by atoms with Crippen molar-refractivity contribution >= 4 is 44.7 Å². The summed E-state index contributed by atoms with van der Waals surface area (Å²) >= 11 is 3.35. The molecule has 0 aliphatic carbocycles. The van der Waals surface area contributed by atoms with Crippen LogP contribution in [0, 0.1) is 10.1 Å². The van der Waals surface area contributed by atoms with Crippen molar-refractivity contribution in [3.8, 4) is 11.5 Å². The van der Waals surface area contributed by atoms with Crippen molar-refractivity contribution in [1.82, 2.24) is 9.66 Å². The summed E-state index contributed by atoms with van der Waals surface area (Å²) in [4.78, 5) is 40.4. The number of methoxy groups -OCH3 is 1. The molecule has 0 saturated carbocycles. The van der Waals surface area contributed by atoms with Gasteiger partial charge in [-0.3, -0.25) is 14.9 Å². The van der Waals surface area contributed by atoms with Crippen LogP contribution in [0.5, 0.6) is 11.5 Å². The Morgan fingerprint density at radius 3 is 2.69 bits per heavy atom. The average Bonchev–Trinajstić information content (AvgIpc) is 2.81. The summed E-state index contributed by atoms with van der Waals surface area (Å²) in [7, 11) is 1.31. The van der Waals surface area contributed by atoms with Gasteiger partial charge in [-0.2, -0.15) is 9.78 Å². The van der Waals surface area contributed by atoms with Crippen LogP contribution in [-0.2, 0) is 16.0 Å². The first-order chi connectivity index (χ1) is 16.6. The minimum Gasteiger partial charge on any atom is -0.493 e. The summed E-state index contributed by atoms with van der Waals surface area (Å²) in [5, 5.41) is 16.3. The van der Waals surface area contributed by atoms with Crippen LogP contribution in [0.2, 0.25) is 0 Å². The Balaban J connectivity index is 2.02. The first-order valence-corrected chi connectivity index (χ1v) is 11.4. The van der Waals surface area contributed by atoms with Crippen molar-refractivity contribution in [2.45, 2.75) is 33.3 Å². The highest BCUT2D eigenvalue weighted by atomic mass is 79.9. The minimum atomic E-state index is -0.677. The quantitative estimate of drug-likeness (QED) is 0.171. The highest BCUT2D eigenvalue weighted by molar-refractivity contribution is 9.10. The summed E-state index contributed by atoms with van der Waals surface area (Å²) in [5.74, 6) is -0.462. The zero-order valence-corrected chi connectivity index (χ0v) is 21.1. The van der Waals surface area contributed by atoms with Gasteiger partial charge in [0, 0.05) is 22.5 Å². The zero-order chi connectivity index (χ0) is 25.7. The first kappa shape index (κ1) is 25.8. The molecule has 0 bridgehead atoms. The highest BCUT2D eigenvalue weighted by Crippen LogP contribution is 2.38. The second-order valence-electron chi connectivity index (χ2n) is 7.56. The van der Waals surface area contributed by atoms with E-state index in [1.54, 1.807) is 32.0 Å². The molecule has 0 aliphatic rings. The Bertz CT molecular complexity index is 1370. The molecule has 0 spiro atoms. The predicted octanol–water partition coefficient (Wildman–Crippen LogP) is 3.85. The molecule has 11 nitrogen and oxygen atoms in total. The molecule has 0 radical (unpaired) electrons. The van der Waals surface area contributed by atoms with E-state index in [4.69, 9.17) is 14.2 Å². The number of hydrogen-bond donors (Lipinski definition) is 0. The normalized spacial score (nSPS) is 11.3. The summed E-state index contributed by atoms with van der Waals surface area (Å²) in [6, 6.07) is 7.83. The fraction of sp³-hybridized carbons (Fsp3) is 0.304. The molecule has 3 rings (SSSR count). The molecule has 1 aromatic heterocycles. The van der Waals surface area contributed by atoms with Crippen LogP contribution >= 0.6 is 15.9 Å². The fourth-order valence-electron chi connectivity index (χ4n) is 3.21. The lowest BCUT2D eigenvalue weighted by atomic mass is 10.2. The maximum Gasteiger partial charge on any atom is 0.344 e. The lowest BCUT2D eigenvalue weighted by molar-refractivity contribution is -0.385.